The van der Waals surface area contributed by atoms with Gasteiger partial charge in [0, 0.05) is 24.1 Å². The summed E-state index contributed by atoms with van der Waals surface area (Å²) in [6.45, 7) is 6.09. The third-order valence-corrected chi connectivity index (χ3v) is 2.60. The van der Waals surface area contributed by atoms with Crippen LogP contribution in [0.25, 0.3) is 0 Å². The maximum absolute atomic E-state index is 13.1. The Labute approximate surface area is 115 Å². The maximum atomic E-state index is 13.1. The Morgan fingerprint density at radius 1 is 1.20 bits per heavy atom. The fourth-order valence-corrected chi connectivity index (χ4v) is 1.61. The van der Waals surface area contributed by atoms with Gasteiger partial charge in [-0.05, 0) is 39.0 Å². The molecule has 0 bridgehead atoms. The second-order valence-electron chi connectivity index (χ2n) is 5.54. The minimum atomic E-state index is -4.80. The molecule has 0 radical (unpaired) electrons. The summed E-state index contributed by atoms with van der Waals surface area (Å²) in [5.74, 6) is -1.82. The molecule has 1 aromatic rings. The Kier molecular flexibility index (Phi) is 4.91. The number of Topliss-reactive ketones (excluding diaryl/α,β-unsaturated/α-hetero) is 1. The van der Waals surface area contributed by atoms with E-state index in [0.717, 1.165) is 6.07 Å². The summed E-state index contributed by atoms with van der Waals surface area (Å²) in [6.07, 6.45) is -4.75. The summed E-state index contributed by atoms with van der Waals surface area (Å²) in [5, 5.41) is 3.06. The Bertz CT molecular complexity index is 489. The molecule has 6 heteroatoms. The Morgan fingerprint density at radius 3 is 2.30 bits per heavy atom. The first kappa shape index (κ1) is 16.6. The molecule has 0 saturated carbocycles. The Balaban J connectivity index is 2.80. The van der Waals surface area contributed by atoms with Crippen LogP contribution in [0.3, 0.4) is 0 Å². The topological polar surface area (TPSA) is 29.1 Å². The van der Waals surface area contributed by atoms with Crippen molar-refractivity contribution in [1.82, 2.24) is 5.32 Å². The van der Waals surface area contributed by atoms with Gasteiger partial charge in [-0.1, -0.05) is 0 Å². The number of rotatable bonds is 4. The van der Waals surface area contributed by atoms with Crippen LogP contribution in [-0.2, 0) is 6.18 Å². The van der Waals surface area contributed by atoms with Crippen LogP contribution < -0.4 is 5.32 Å². The smallest absolute Gasteiger partial charge is 0.312 e. The van der Waals surface area contributed by atoms with E-state index in [9.17, 15) is 22.4 Å². The fraction of sp³-hybridized carbons (Fsp3) is 0.500. The first-order valence-electron chi connectivity index (χ1n) is 6.16. The number of hydrogen-bond donors (Lipinski definition) is 1. The van der Waals surface area contributed by atoms with E-state index >= 15 is 0 Å². The van der Waals surface area contributed by atoms with Crippen LogP contribution in [0.5, 0.6) is 0 Å². The average Bonchev–Trinajstić information content (AvgIpc) is 2.26. The third kappa shape index (κ3) is 4.92. The zero-order chi connectivity index (χ0) is 15.6. The van der Waals surface area contributed by atoms with Gasteiger partial charge in [-0.2, -0.15) is 13.2 Å². The molecule has 0 heterocycles. The normalized spacial score (nSPS) is 12.6. The van der Waals surface area contributed by atoms with Gasteiger partial charge in [0.2, 0.25) is 0 Å². The predicted octanol–water partition coefficient (Wildman–Crippen LogP) is 3.81. The zero-order valence-corrected chi connectivity index (χ0v) is 11.6. The van der Waals surface area contributed by atoms with Crippen molar-refractivity contribution in [3.05, 3.63) is 35.1 Å². The fourth-order valence-electron chi connectivity index (χ4n) is 1.61. The third-order valence-electron chi connectivity index (χ3n) is 2.60. The average molecular weight is 291 g/mol. The monoisotopic (exact) mass is 291 g/mol. The molecule has 1 rings (SSSR count). The molecule has 2 nitrogen and oxygen atoms in total. The summed E-state index contributed by atoms with van der Waals surface area (Å²) in [7, 11) is 0. The van der Waals surface area contributed by atoms with Crippen LogP contribution >= 0.6 is 0 Å². The molecule has 0 fully saturated rings. The van der Waals surface area contributed by atoms with Gasteiger partial charge in [0.15, 0.2) is 5.78 Å². The number of alkyl halides is 3. The van der Waals surface area contributed by atoms with E-state index in [1.807, 2.05) is 20.8 Å². The zero-order valence-electron chi connectivity index (χ0n) is 11.6. The Hall–Kier alpha value is -1.43. The summed E-state index contributed by atoms with van der Waals surface area (Å²) in [5.41, 5.74) is -1.72. The van der Waals surface area contributed by atoms with Gasteiger partial charge in [-0.15, -0.1) is 0 Å². The van der Waals surface area contributed by atoms with Crippen molar-refractivity contribution in [3.63, 3.8) is 0 Å². The van der Waals surface area contributed by atoms with Crippen molar-refractivity contribution in [1.29, 1.82) is 0 Å². The van der Waals surface area contributed by atoms with E-state index in [0.29, 0.717) is 18.7 Å². The second-order valence-corrected chi connectivity index (χ2v) is 5.54. The number of carbonyl (C=O) groups excluding carboxylic acids is 1. The lowest BCUT2D eigenvalue weighted by Gasteiger charge is -2.20. The molecule has 112 valence electrons. The van der Waals surface area contributed by atoms with Gasteiger partial charge >= 0.3 is 6.18 Å². The maximum Gasteiger partial charge on any atom is 0.419 e. The van der Waals surface area contributed by atoms with Crippen LogP contribution in [0, 0.1) is 5.82 Å². The van der Waals surface area contributed by atoms with E-state index in [1.165, 1.54) is 0 Å². The predicted molar refractivity (Wildman–Crippen MR) is 68.1 cm³/mol. The molecule has 0 spiro atoms. The lowest BCUT2D eigenvalue weighted by molar-refractivity contribution is -0.140. The lowest BCUT2D eigenvalue weighted by atomic mass is 10.0. The van der Waals surface area contributed by atoms with Gasteiger partial charge < -0.3 is 5.32 Å². The van der Waals surface area contributed by atoms with Crippen LogP contribution in [0.4, 0.5) is 17.6 Å². The van der Waals surface area contributed by atoms with E-state index in [1.54, 1.807) is 0 Å². The molecule has 0 aromatic heterocycles. The van der Waals surface area contributed by atoms with E-state index < -0.39 is 23.3 Å². The van der Waals surface area contributed by atoms with Gasteiger partial charge in [-0.25, -0.2) is 4.39 Å². The van der Waals surface area contributed by atoms with E-state index in [2.05, 4.69) is 5.32 Å². The van der Waals surface area contributed by atoms with Gasteiger partial charge in [0.1, 0.15) is 5.82 Å². The van der Waals surface area contributed by atoms with Crippen LogP contribution in [0.2, 0.25) is 0 Å². The van der Waals surface area contributed by atoms with Crippen molar-refractivity contribution < 1.29 is 22.4 Å². The van der Waals surface area contributed by atoms with Gasteiger partial charge in [0.05, 0.1) is 5.56 Å². The molecular formula is C14H17F4NO. The number of benzene rings is 1. The summed E-state index contributed by atoms with van der Waals surface area (Å²) >= 11 is 0. The number of halogens is 4. The van der Waals surface area contributed by atoms with E-state index in [4.69, 9.17) is 0 Å². The molecule has 0 unspecified atom stereocenters. The molecule has 0 amide bonds. The molecule has 0 aliphatic carbocycles. The number of carbonyl (C=O) groups is 1. The largest absolute Gasteiger partial charge is 0.419 e. The highest BCUT2D eigenvalue weighted by Gasteiger charge is 2.34. The highest BCUT2D eigenvalue weighted by molar-refractivity contribution is 5.96. The molecule has 0 aliphatic rings. The summed E-state index contributed by atoms with van der Waals surface area (Å²) in [4.78, 5) is 11.8. The van der Waals surface area contributed by atoms with Crippen molar-refractivity contribution in [3.8, 4) is 0 Å². The highest BCUT2D eigenvalue weighted by atomic mass is 19.4. The number of ketones is 1. The lowest BCUT2D eigenvalue weighted by Crippen LogP contribution is -2.37. The molecule has 20 heavy (non-hydrogen) atoms. The first-order chi connectivity index (χ1) is 9.00. The number of hydrogen-bond acceptors (Lipinski definition) is 2. The first-order valence-corrected chi connectivity index (χ1v) is 6.16. The van der Waals surface area contributed by atoms with Crippen molar-refractivity contribution in [2.24, 2.45) is 0 Å². The molecular weight excluding hydrogens is 274 g/mol. The molecule has 0 saturated heterocycles. The van der Waals surface area contributed by atoms with E-state index in [-0.39, 0.29) is 17.5 Å². The van der Waals surface area contributed by atoms with Crippen molar-refractivity contribution >= 4 is 5.78 Å². The summed E-state index contributed by atoms with van der Waals surface area (Å²) in [6, 6.07) is 2.31. The SMILES string of the molecule is CC(C)(C)NCCC(=O)c1ccc(F)c(C(F)(F)F)c1. The van der Waals surface area contributed by atoms with Gasteiger partial charge in [-0.3, -0.25) is 4.79 Å². The molecule has 0 aliphatic heterocycles. The molecule has 0 atom stereocenters. The minimum Gasteiger partial charge on any atom is -0.312 e. The van der Waals surface area contributed by atoms with Crippen molar-refractivity contribution in [2.75, 3.05) is 6.54 Å². The second kappa shape index (κ2) is 5.91. The summed E-state index contributed by atoms with van der Waals surface area (Å²) < 4.78 is 50.7. The quantitative estimate of drug-likeness (QED) is 0.675. The highest BCUT2D eigenvalue weighted by Crippen LogP contribution is 2.32. The standard InChI is InChI=1S/C14H17F4NO/c1-13(2,3)19-7-6-12(20)9-4-5-11(15)10(8-9)14(16,17)18/h4-5,8,19H,6-7H2,1-3H3. The molecule has 1 N–H and O–H groups in total. The van der Waals surface area contributed by atoms with Crippen LogP contribution in [-0.4, -0.2) is 17.9 Å². The van der Waals surface area contributed by atoms with Crippen LogP contribution in [0.1, 0.15) is 43.1 Å². The molecule has 1 aromatic carbocycles. The Morgan fingerprint density at radius 2 is 1.80 bits per heavy atom. The number of nitrogens with one attached hydrogen (secondary N) is 1. The van der Waals surface area contributed by atoms with Gasteiger partial charge in [0.25, 0.3) is 0 Å². The minimum absolute atomic E-state index is 0.0558. The van der Waals surface area contributed by atoms with Crippen molar-refractivity contribution in [2.45, 2.75) is 38.9 Å². The van der Waals surface area contributed by atoms with Crippen LogP contribution in [0.15, 0.2) is 18.2 Å².